The summed E-state index contributed by atoms with van der Waals surface area (Å²) < 4.78 is 31.9. The lowest BCUT2D eigenvalue weighted by molar-refractivity contribution is -0.127. The zero-order chi connectivity index (χ0) is 18.7. The highest BCUT2D eigenvalue weighted by Crippen LogP contribution is 2.35. The summed E-state index contributed by atoms with van der Waals surface area (Å²) >= 11 is 0. The van der Waals surface area contributed by atoms with Crippen molar-refractivity contribution in [2.24, 2.45) is 0 Å². The van der Waals surface area contributed by atoms with E-state index in [1.807, 2.05) is 31.2 Å². The smallest absolute Gasteiger partial charge is 0.263 e. The number of para-hydroxylation sites is 2. The molecule has 1 heterocycles. The van der Waals surface area contributed by atoms with Gasteiger partial charge in [0.05, 0.1) is 18.0 Å². The van der Waals surface area contributed by atoms with Crippen molar-refractivity contribution < 1.29 is 17.9 Å². The summed E-state index contributed by atoms with van der Waals surface area (Å²) in [6.45, 7) is 3.89. The molecule has 26 heavy (non-hydrogen) atoms. The van der Waals surface area contributed by atoms with Gasteiger partial charge in [0, 0.05) is 6.54 Å². The highest BCUT2D eigenvalue weighted by molar-refractivity contribution is 7.92. The summed E-state index contributed by atoms with van der Waals surface area (Å²) in [5.74, 6) is 0.0182. The highest BCUT2D eigenvalue weighted by Gasteiger charge is 2.35. The topological polar surface area (TPSA) is 75.7 Å². The van der Waals surface area contributed by atoms with Crippen molar-refractivity contribution in [2.45, 2.75) is 26.5 Å². The van der Waals surface area contributed by atoms with Crippen LogP contribution in [0.4, 0.5) is 5.69 Å². The van der Waals surface area contributed by atoms with Crippen LogP contribution in [0.25, 0.3) is 0 Å². The second-order valence-electron chi connectivity index (χ2n) is 6.15. The van der Waals surface area contributed by atoms with Crippen LogP contribution in [-0.2, 0) is 21.4 Å². The number of ether oxygens (including phenoxy) is 1. The van der Waals surface area contributed by atoms with E-state index in [9.17, 15) is 13.2 Å². The van der Waals surface area contributed by atoms with Crippen LogP contribution >= 0.6 is 0 Å². The van der Waals surface area contributed by atoms with Gasteiger partial charge in [0.25, 0.3) is 5.91 Å². The third-order valence-corrected chi connectivity index (χ3v) is 6.19. The highest BCUT2D eigenvalue weighted by atomic mass is 32.2. The van der Waals surface area contributed by atoms with Gasteiger partial charge in [0.1, 0.15) is 5.75 Å². The Hall–Kier alpha value is -2.54. The summed E-state index contributed by atoms with van der Waals surface area (Å²) in [6.07, 6.45) is -0.893. The molecule has 0 radical (unpaired) electrons. The molecule has 1 unspecified atom stereocenters. The van der Waals surface area contributed by atoms with Gasteiger partial charge in [-0.2, -0.15) is 0 Å². The first-order valence-electron chi connectivity index (χ1n) is 8.50. The molecule has 0 saturated carbocycles. The Morgan fingerprint density at radius 2 is 1.88 bits per heavy atom. The van der Waals surface area contributed by atoms with Crippen molar-refractivity contribution in [1.82, 2.24) is 5.32 Å². The zero-order valence-electron chi connectivity index (χ0n) is 14.8. The third kappa shape index (κ3) is 3.67. The number of hydrogen-bond acceptors (Lipinski definition) is 4. The van der Waals surface area contributed by atoms with Gasteiger partial charge in [-0.15, -0.1) is 0 Å². The molecular weight excluding hydrogens is 352 g/mol. The molecule has 2 aromatic carbocycles. The van der Waals surface area contributed by atoms with Crippen LogP contribution in [0.5, 0.6) is 5.75 Å². The molecule has 6 nitrogen and oxygen atoms in total. The quantitative estimate of drug-likeness (QED) is 0.871. The number of aryl methyl sites for hydroxylation is 1. The number of sulfonamides is 1. The molecule has 7 heteroatoms. The number of fused-ring (bicyclic) bond motifs is 1. The SMILES string of the molecule is CCS(=O)(=O)N1CC(C(=O)NCc2ccccc2C)Oc2ccccc21. The number of anilines is 1. The predicted octanol–water partition coefficient (Wildman–Crippen LogP) is 2.23. The first kappa shape index (κ1) is 18.3. The average molecular weight is 374 g/mol. The summed E-state index contributed by atoms with van der Waals surface area (Å²) in [6, 6.07) is 14.6. The van der Waals surface area contributed by atoms with Gasteiger partial charge in [-0.3, -0.25) is 9.10 Å². The Bertz CT molecular complexity index is 911. The van der Waals surface area contributed by atoms with Crippen molar-refractivity contribution in [3.05, 3.63) is 59.7 Å². The Labute approximate surface area is 153 Å². The largest absolute Gasteiger partial charge is 0.476 e. The molecule has 0 fully saturated rings. The number of carbonyl (C=O) groups is 1. The van der Waals surface area contributed by atoms with E-state index in [4.69, 9.17) is 4.74 Å². The predicted molar refractivity (Wildman–Crippen MR) is 101 cm³/mol. The zero-order valence-corrected chi connectivity index (χ0v) is 15.6. The Morgan fingerprint density at radius 3 is 2.62 bits per heavy atom. The number of carbonyl (C=O) groups excluding carboxylic acids is 1. The molecule has 138 valence electrons. The van der Waals surface area contributed by atoms with Gasteiger partial charge in [0.15, 0.2) is 6.10 Å². The Balaban J connectivity index is 1.79. The number of benzene rings is 2. The molecule has 0 aliphatic carbocycles. The molecule has 1 aliphatic heterocycles. The van der Waals surface area contributed by atoms with Gasteiger partial charge >= 0.3 is 0 Å². The van der Waals surface area contributed by atoms with Gasteiger partial charge in [0.2, 0.25) is 10.0 Å². The molecule has 2 aromatic rings. The maximum absolute atomic E-state index is 12.6. The van der Waals surface area contributed by atoms with Crippen LogP contribution in [0, 0.1) is 6.92 Å². The fourth-order valence-electron chi connectivity index (χ4n) is 2.86. The fourth-order valence-corrected chi connectivity index (χ4v) is 3.99. The molecular formula is C19H22N2O4S. The standard InChI is InChI=1S/C19H22N2O4S/c1-3-26(23,24)21-13-18(25-17-11-7-6-10-16(17)21)19(22)20-12-15-9-5-4-8-14(15)2/h4-11,18H,3,12-13H2,1-2H3,(H,20,22). The minimum Gasteiger partial charge on any atom is -0.476 e. The van der Waals surface area contributed by atoms with Gasteiger partial charge in [-0.05, 0) is 37.1 Å². The van der Waals surface area contributed by atoms with E-state index in [0.717, 1.165) is 11.1 Å². The van der Waals surface area contributed by atoms with E-state index < -0.39 is 16.1 Å². The molecule has 0 bridgehead atoms. The van der Waals surface area contributed by atoms with Crippen LogP contribution in [0.1, 0.15) is 18.1 Å². The minimum atomic E-state index is -3.50. The molecule has 1 amide bonds. The average Bonchev–Trinajstić information content (AvgIpc) is 2.66. The Kier molecular flexibility index (Phi) is 5.18. The number of rotatable bonds is 5. The molecule has 1 N–H and O–H groups in total. The number of hydrogen-bond donors (Lipinski definition) is 1. The van der Waals surface area contributed by atoms with Gasteiger partial charge in [-0.1, -0.05) is 36.4 Å². The molecule has 1 atom stereocenters. The summed E-state index contributed by atoms with van der Waals surface area (Å²) in [4.78, 5) is 12.6. The van der Waals surface area contributed by atoms with Gasteiger partial charge < -0.3 is 10.1 Å². The second kappa shape index (κ2) is 7.37. The molecule has 0 saturated heterocycles. The van der Waals surface area contributed by atoms with Crippen LogP contribution in [0.2, 0.25) is 0 Å². The van der Waals surface area contributed by atoms with Crippen molar-refractivity contribution in [3.8, 4) is 5.75 Å². The van der Waals surface area contributed by atoms with Crippen molar-refractivity contribution in [3.63, 3.8) is 0 Å². The van der Waals surface area contributed by atoms with E-state index in [1.165, 1.54) is 4.31 Å². The lowest BCUT2D eigenvalue weighted by Crippen LogP contribution is -2.50. The summed E-state index contributed by atoms with van der Waals surface area (Å²) in [5, 5.41) is 2.84. The van der Waals surface area contributed by atoms with E-state index in [0.29, 0.717) is 18.0 Å². The van der Waals surface area contributed by atoms with Crippen LogP contribution in [-0.4, -0.2) is 32.7 Å². The fraction of sp³-hybridized carbons (Fsp3) is 0.316. The first-order valence-corrected chi connectivity index (χ1v) is 10.1. The first-order chi connectivity index (χ1) is 12.4. The lowest BCUT2D eigenvalue weighted by atomic mass is 10.1. The number of amides is 1. The minimum absolute atomic E-state index is 0.0349. The van der Waals surface area contributed by atoms with Crippen LogP contribution in [0.3, 0.4) is 0 Å². The van der Waals surface area contributed by atoms with E-state index >= 15 is 0 Å². The third-order valence-electron chi connectivity index (χ3n) is 4.44. The van der Waals surface area contributed by atoms with Crippen LogP contribution in [0.15, 0.2) is 48.5 Å². The second-order valence-corrected chi connectivity index (χ2v) is 8.33. The molecule has 1 aliphatic rings. The number of nitrogens with one attached hydrogen (secondary N) is 1. The molecule has 3 rings (SSSR count). The van der Waals surface area contributed by atoms with E-state index in [2.05, 4.69) is 5.32 Å². The Morgan fingerprint density at radius 1 is 1.19 bits per heavy atom. The normalized spacial score (nSPS) is 16.5. The summed E-state index contributed by atoms with van der Waals surface area (Å²) in [7, 11) is -3.50. The van der Waals surface area contributed by atoms with Crippen molar-refractivity contribution >= 4 is 21.6 Å². The van der Waals surface area contributed by atoms with Crippen molar-refractivity contribution in [1.29, 1.82) is 0 Å². The maximum atomic E-state index is 12.6. The van der Waals surface area contributed by atoms with Crippen molar-refractivity contribution in [2.75, 3.05) is 16.6 Å². The number of nitrogens with zero attached hydrogens (tertiary/aromatic N) is 1. The lowest BCUT2D eigenvalue weighted by Gasteiger charge is -2.34. The van der Waals surface area contributed by atoms with Gasteiger partial charge in [-0.25, -0.2) is 8.42 Å². The van der Waals surface area contributed by atoms with Crippen LogP contribution < -0.4 is 14.4 Å². The molecule has 0 aromatic heterocycles. The molecule has 0 spiro atoms. The maximum Gasteiger partial charge on any atom is 0.263 e. The van der Waals surface area contributed by atoms with E-state index in [1.54, 1.807) is 31.2 Å². The van der Waals surface area contributed by atoms with E-state index in [-0.39, 0.29) is 18.2 Å². The summed E-state index contributed by atoms with van der Waals surface area (Å²) in [5.41, 5.74) is 2.56. The monoisotopic (exact) mass is 374 g/mol.